The van der Waals surface area contributed by atoms with Gasteiger partial charge in [0.25, 0.3) is 0 Å². The minimum Gasteiger partial charge on any atom is -0.309 e. The number of hydrogen-bond acceptors (Lipinski definition) is 1. The summed E-state index contributed by atoms with van der Waals surface area (Å²) in [6.07, 6.45) is 0. The number of anilines is 3. The molecule has 0 radical (unpaired) electrons. The average Bonchev–Trinajstić information content (AvgIpc) is 3.71. The van der Waals surface area contributed by atoms with Crippen molar-refractivity contribution in [1.82, 2.24) is 0 Å². The lowest BCUT2D eigenvalue weighted by Crippen LogP contribution is -2.28. The van der Waals surface area contributed by atoms with Crippen LogP contribution in [0.3, 0.4) is 0 Å². The maximum atomic E-state index is 2.51. The second-order valence-electron chi connectivity index (χ2n) is 17.2. The lowest BCUT2D eigenvalue weighted by molar-refractivity contribution is 0.768. The summed E-state index contributed by atoms with van der Waals surface area (Å²) in [5, 5.41) is 2.50. The van der Waals surface area contributed by atoms with Crippen molar-refractivity contribution in [1.29, 1.82) is 0 Å². The van der Waals surface area contributed by atoms with Gasteiger partial charge in [-0.15, -0.1) is 0 Å². The Morgan fingerprint density at radius 1 is 0.273 bits per heavy atom. The van der Waals surface area contributed by atoms with Crippen LogP contribution in [0.1, 0.15) is 22.3 Å². The predicted molar refractivity (Wildman–Crippen MR) is 278 cm³/mol. The molecular weight excluding hydrogens is 795 g/mol. The Hall–Kier alpha value is -8.52. The molecule has 0 saturated carbocycles. The van der Waals surface area contributed by atoms with E-state index in [4.69, 9.17) is 0 Å². The van der Waals surface area contributed by atoms with Gasteiger partial charge in [0.2, 0.25) is 0 Å². The maximum absolute atomic E-state index is 2.51. The molecule has 0 aliphatic heterocycles. The van der Waals surface area contributed by atoms with E-state index < -0.39 is 5.41 Å². The van der Waals surface area contributed by atoms with Crippen LogP contribution in [0.4, 0.5) is 17.1 Å². The Morgan fingerprint density at radius 3 is 1.53 bits per heavy atom. The standard InChI is InChI=1S/C65H45N/c1-4-20-46(21-5-1)47-40-42-49(43-41-47)58-33-13-15-38-62(58)66(55-31-17-25-51(45-55)50-24-16-26-52(44-50)57-35-18-23-48-22-10-11-32-56(48)57)63-39-19-37-61-64(63)59-34-12-14-36-60(59)65(61,53-27-6-2-7-28-53)54-29-8-3-9-30-54/h1-45H. The molecule has 1 heteroatoms. The summed E-state index contributed by atoms with van der Waals surface area (Å²) in [6.45, 7) is 0. The van der Waals surface area contributed by atoms with Gasteiger partial charge in [0.05, 0.1) is 16.8 Å². The molecule has 0 N–H and O–H groups in total. The molecule has 11 aromatic rings. The van der Waals surface area contributed by atoms with Crippen LogP contribution in [0, 0.1) is 0 Å². The Balaban J connectivity index is 1.09. The first kappa shape index (κ1) is 39.1. The lowest BCUT2D eigenvalue weighted by Gasteiger charge is -2.34. The van der Waals surface area contributed by atoms with Crippen LogP contribution in [0.25, 0.3) is 66.4 Å². The van der Waals surface area contributed by atoms with E-state index in [-0.39, 0.29) is 0 Å². The van der Waals surface area contributed by atoms with E-state index in [0.29, 0.717) is 0 Å². The van der Waals surface area contributed by atoms with Crippen LogP contribution in [0.15, 0.2) is 273 Å². The summed E-state index contributed by atoms with van der Waals surface area (Å²) in [7, 11) is 0. The third-order valence-electron chi connectivity index (χ3n) is 13.6. The molecule has 0 amide bonds. The highest BCUT2D eigenvalue weighted by Crippen LogP contribution is 2.60. The number of para-hydroxylation sites is 1. The van der Waals surface area contributed by atoms with Crippen molar-refractivity contribution >= 4 is 27.8 Å². The van der Waals surface area contributed by atoms with Gasteiger partial charge in [-0.1, -0.05) is 243 Å². The van der Waals surface area contributed by atoms with Crippen molar-refractivity contribution in [3.05, 3.63) is 295 Å². The highest BCUT2D eigenvalue weighted by molar-refractivity contribution is 6.01. The molecule has 0 aromatic heterocycles. The van der Waals surface area contributed by atoms with Crippen molar-refractivity contribution in [2.24, 2.45) is 0 Å². The van der Waals surface area contributed by atoms with E-state index >= 15 is 0 Å². The summed E-state index contributed by atoms with van der Waals surface area (Å²) in [4.78, 5) is 2.51. The number of rotatable bonds is 9. The summed E-state index contributed by atoms with van der Waals surface area (Å²) in [6, 6.07) is 100. The van der Waals surface area contributed by atoms with Crippen molar-refractivity contribution in [3.63, 3.8) is 0 Å². The number of benzene rings is 11. The van der Waals surface area contributed by atoms with Gasteiger partial charge >= 0.3 is 0 Å². The van der Waals surface area contributed by atoms with E-state index in [1.165, 1.54) is 72.0 Å². The minimum absolute atomic E-state index is 0.535. The zero-order valence-electron chi connectivity index (χ0n) is 36.4. The van der Waals surface area contributed by atoms with Crippen LogP contribution in [-0.4, -0.2) is 0 Å². The van der Waals surface area contributed by atoms with Crippen molar-refractivity contribution in [3.8, 4) is 55.6 Å². The summed E-state index contributed by atoms with van der Waals surface area (Å²) < 4.78 is 0. The van der Waals surface area contributed by atoms with E-state index in [9.17, 15) is 0 Å². The van der Waals surface area contributed by atoms with Crippen LogP contribution >= 0.6 is 0 Å². The summed E-state index contributed by atoms with van der Waals surface area (Å²) in [5.41, 5.74) is 19.8. The van der Waals surface area contributed by atoms with Gasteiger partial charge in [-0.2, -0.15) is 0 Å². The van der Waals surface area contributed by atoms with E-state index in [1.54, 1.807) is 0 Å². The summed E-state index contributed by atoms with van der Waals surface area (Å²) in [5.74, 6) is 0. The molecule has 1 aliphatic carbocycles. The molecule has 0 unspecified atom stereocenters. The number of fused-ring (bicyclic) bond motifs is 4. The molecule has 0 heterocycles. The molecule has 0 atom stereocenters. The third-order valence-corrected chi connectivity index (χ3v) is 13.6. The third kappa shape index (κ3) is 6.56. The predicted octanol–water partition coefficient (Wildman–Crippen LogP) is 17.3. The normalized spacial score (nSPS) is 12.4. The Kier molecular flexibility index (Phi) is 9.81. The number of nitrogens with zero attached hydrogens (tertiary/aromatic N) is 1. The van der Waals surface area contributed by atoms with Gasteiger partial charge in [0.15, 0.2) is 0 Å². The smallest absolute Gasteiger partial charge is 0.0714 e. The fraction of sp³-hybridized carbons (Fsp3) is 0.0154. The van der Waals surface area contributed by atoms with Gasteiger partial charge in [-0.05, 0) is 108 Å². The van der Waals surface area contributed by atoms with Crippen LogP contribution in [-0.2, 0) is 5.41 Å². The Morgan fingerprint density at radius 2 is 0.758 bits per heavy atom. The van der Waals surface area contributed by atoms with Crippen molar-refractivity contribution in [2.75, 3.05) is 4.90 Å². The molecular formula is C65H45N. The molecule has 66 heavy (non-hydrogen) atoms. The molecule has 0 spiro atoms. The van der Waals surface area contributed by atoms with Gasteiger partial charge in [-0.3, -0.25) is 0 Å². The van der Waals surface area contributed by atoms with E-state index in [2.05, 4.69) is 278 Å². The fourth-order valence-electron chi connectivity index (χ4n) is 10.6. The van der Waals surface area contributed by atoms with Crippen molar-refractivity contribution < 1.29 is 0 Å². The van der Waals surface area contributed by atoms with Crippen LogP contribution < -0.4 is 4.90 Å². The van der Waals surface area contributed by atoms with E-state index in [0.717, 1.165) is 33.8 Å². The van der Waals surface area contributed by atoms with E-state index in [1.807, 2.05) is 0 Å². The first-order valence-electron chi connectivity index (χ1n) is 22.8. The molecule has 1 nitrogen and oxygen atoms in total. The monoisotopic (exact) mass is 839 g/mol. The SMILES string of the molecule is c1ccc(-c2ccc(-c3ccccc3N(c3cccc(-c4cccc(-c5cccc6ccccc56)c4)c3)c3cccc4c3-c3ccccc3C4(c3ccccc3)c3ccccc3)cc2)cc1. The molecule has 310 valence electrons. The lowest BCUT2D eigenvalue weighted by atomic mass is 9.68. The first-order chi connectivity index (χ1) is 32.8. The van der Waals surface area contributed by atoms with Gasteiger partial charge in [0, 0.05) is 16.8 Å². The van der Waals surface area contributed by atoms with Gasteiger partial charge in [0.1, 0.15) is 0 Å². The van der Waals surface area contributed by atoms with Gasteiger partial charge < -0.3 is 4.90 Å². The maximum Gasteiger partial charge on any atom is 0.0714 e. The molecule has 11 aromatic carbocycles. The number of hydrogen-bond donors (Lipinski definition) is 0. The zero-order chi connectivity index (χ0) is 43.9. The average molecular weight is 840 g/mol. The molecule has 0 fully saturated rings. The van der Waals surface area contributed by atoms with Crippen LogP contribution in [0.5, 0.6) is 0 Å². The highest BCUT2D eigenvalue weighted by atomic mass is 15.1. The Bertz CT molecular complexity index is 3470. The molecule has 12 rings (SSSR count). The zero-order valence-corrected chi connectivity index (χ0v) is 36.4. The van der Waals surface area contributed by atoms with Crippen LogP contribution in [0.2, 0.25) is 0 Å². The topological polar surface area (TPSA) is 3.24 Å². The summed E-state index contributed by atoms with van der Waals surface area (Å²) >= 11 is 0. The molecule has 0 saturated heterocycles. The Labute approximate surface area is 387 Å². The fourth-order valence-corrected chi connectivity index (χ4v) is 10.6. The van der Waals surface area contributed by atoms with Crippen molar-refractivity contribution in [2.45, 2.75) is 5.41 Å². The highest BCUT2D eigenvalue weighted by Gasteiger charge is 2.47. The first-order valence-corrected chi connectivity index (χ1v) is 22.8. The minimum atomic E-state index is -0.535. The quantitative estimate of drug-likeness (QED) is 0.140. The second-order valence-corrected chi connectivity index (χ2v) is 17.2. The second kappa shape index (κ2) is 16.6. The molecule has 1 aliphatic rings. The van der Waals surface area contributed by atoms with Gasteiger partial charge in [-0.25, -0.2) is 0 Å². The molecule has 0 bridgehead atoms. The largest absolute Gasteiger partial charge is 0.309 e.